The second-order valence-electron chi connectivity index (χ2n) is 6.92. The first-order chi connectivity index (χ1) is 15.0. The van der Waals surface area contributed by atoms with Crippen LogP contribution in [0.1, 0.15) is 6.42 Å². The zero-order valence-electron chi connectivity index (χ0n) is 17.4. The van der Waals surface area contributed by atoms with E-state index in [-0.39, 0.29) is 24.8 Å². The van der Waals surface area contributed by atoms with Crippen molar-refractivity contribution in [3.8, 4) is 11.5 Å². The molecule has 1 saturated heterocycles. The van der Waals surface area contributed by atoms with Crippen molar-refractivity contribution in [1.29, 1.82) is 0 Å². The van der Waals surface area contributed by atoms with E-state index in [0.29, 0.717) is 50.0 Å². The minimum absolute atomic E-state index is 0.0194. The van der Waals surface area contributed by atoms with Crippen LogP contribution in [0.15, 0.2) is 42.7 Å². The lowest BCUT2D eigenvalue weighted by Gasteiger charge is -2.33. The third-order valence-electron chi connectivity index (χ3n) is 4.80. The third kappa shape index (κ3) is 6.79. The molecule has 168 valence electrons. The van der Waals surface area contributed by atoms with Crippen LogP contribution in [-0.2, 0) is 14.8 Å². The van der Waals surface area contributed by atoms with Crippen molar-refractivity contribution in [3.63, 3.8) is 0 Å². The monoisotopic (exact) mass is 449 g/mol. The smallest absolute Gasteiger partial charge is 0.257 e. The number of benzene rings is 1. The molecule has 31 heavy (non-hydrogen) atoms. The largest absolute Gasteiger partial charge is 0.497 e. The zero-order valence-corrected chi connectivity index (χ0v) is 18.3. The van der Waals surface area contributed by atoms with Crippen molar-refractivity contribution in [2.24, 2.45) is 0 Å². The summed E-state index contributed by atoms with van der Waals surface area (Å²) in [4.78, 5) is 22.3. The Hall–Kier alpha value is -2.92. The van der Waals surface area contributed by atoms with Crippen LogP contribution in [-0.4, -0.2) is 80.8 Å². The van der Waals surface area contributed by atoms with E-state index in [1.807, 2.05) is 4.90 Å². The molecule has 2 aromatic rings. The average Bonchev–Trinajstić information content (AvgIpc) is 2.81. The van der Waals surface area contributed by atoms with Crippen molar-refractivity contribution in [2.75, 3.05) is 57.1 Å². The lowest BCUT2D eigenvalue weighted by atomic mass is 10.3. The van der Waals surface area contributed by atoms with Crippen molar-refractivity contribution < 1.29 is 22.7 Å². The van der Waals surface area contributed by atoms with Gasteiger partial charge in [-0.3, -0.25) is 4.79 Å². The summed E-state index contributed by atoms with van der Waals surface area (Å²) < 4.78 is 37.1. The van der Waals surface area contributed by atoms with E-state index in [1.165, 1.54) is 4.31 Å². The molecule has 11 heteroatoms. The number of carbonyl (C=O) groups excluding carboxylic acids is 1. The first kappa shape index (κ1) is 22.8. The highest BCUT2D eigenvalue weighted by atomic mass is 32.2. The van der Waals surface area contributed by atoms with Crippen LogP contribution in [0.2, 0.25) is 0 Å². The van der Waals surface area contributed by atoms with Crippen LogP contribution in [0.4, 0.5) is 5.95 Å². The summed E-state index contributed by atoms with van der Waals surface area (Å²) in [5.74, 6) is 1.55. The quantitative estimate of drug-likeness (QED) is 0.523. The van der Waals surface area contributed by atoms with Gasteiger partial charge in [0, 0.05) is 45.1 Å². The molecule has 1 aliphatic heterocycles. The summed E-state index contributed by atoms with van der Waals surface area (Å²) in [6.45, 7) is 2.00. The van der Waals surface area contributed by atoms with Gasteiger partial charge in [-0.2, -0.15) is 4.31 Å². The SMILES string of the molecule is COc1ccc(OCC(=O)NCCCS(=O)(=O)N2CCN(c3ncccn3)CC2)cc1. The summed E-state index contributed by atoms with van der Waals surface area (Å²) in [5.41, 5.74) is 0. The van der Waals surface area contributed by atoms with Crippen LogP contribution >= 0.6 is 0 Å². The maximum Gasteiger partial charge on any atom is 0.257 e. The van der Waals surface area contributed by atoms with Crippen LogP contribution in [0.25, 0.3) is 0 Å². The Balaban J connectivity index is 1.33. The van der Waals surface area contributed by atoms with Gasteiger partial charge in [0.25, 0.3) is 5.91 Å². The van der Waals surface area contributed by atoms with Gasteiger partial charge >= 0.3 is 0 Å². The van der Waals surface area contributed by atoms with Gasteiger partial charge < -0.3 is 19.7 Å². The van der Waals surface area contributed by atoms with E-state index in [9.17, 15) is 13.2 Å². The standard InChI is InChI=1S/C20H27N5O5S/c1-29-17-4-6-18(7-5-17)30-16-19(26)21-10-3-15-31(27,28)25-13-11-24(12-14-25)20-22-8-2-9-23-20/h2,4-9H,3,10-16H2,1H3,(H,21,26). The molecule has 1 aromatic carbocycles. The fraction of sp³-hybridized carbons (Fsp3) is 0.450. The van der Waals surface area contributed by atoms with Gasteiger partial charge in [0.2, 0.25) is 16.0 Å². The molecule has 1 fully saturated rings. The highest BCUT2D eigenvalue weighted by Gasteiger charge is 2.27. The molecule has 0 atom stereocenters. The summed E-state index contributed by atoms with van der Waals surface area (Å²) in [6.07, 6.45) is 3.67. The van der Waals surface area contributed by atoms with Gasteiger partial charge in [0.05, 0.1) is 12.9 Å². The Morgan fingerprint density at radius 3 is 2.35 bits per heavy atom. The lowest BCUT2D eigenvalue weighted by molar-refractivity contribution is -0.123. The molecule has 1 amide bonds. The number of hydrogen-bond donors (Lipinski definition) is 1. The van der Waals surface area contributed by atoms with Crippen LogP contribution < -0.4 is 19.7 Å². The van der Waals surface area contributed by atoms with Crippen molar-refractivity contribution in [1.82, 2.24) is 19.6 Å². The van der Waals surface area contributed by atoms with Crippen molar-refractivity contribution in [2.45, 2.75) is 6.42 Å². The van der Waals surface area contributed by atoms with E-state index in [4.69, 9.17) is 9.47 Å². The van der Waals surface area contributed by atoms with Crippen molar-refractivity contribution in [3.05, 3.63) is 42.7 Å². The number of aromatic nitrogens is 2. The van der Waals surface area contributed by atoms with E-state index in [1.54, 1.807) is 49.8 Å². The average molecular weight is 450 g/mol. The van der Waals surface area contributed by atoms with Gasteiger partial charge in [0.1, 0.15) is 11.5 Å². The molecule has 0 saturated carbocycles. The number of sulfonamides is 1. The predicted molar refractivity (Wildman–Crippen MR) is 116 cm³/mol. The Bertz CT molecular complexity index is 932. The summed E-state index contributed by atoms with van der Waals surface area (Å²) in [5, 5.41) is 2.68. The minimum Gasteiger partial charge on any atom is -0.497 e. The topological polar surface area (TPSA) is 114 Å². The van der Waals surface area contributed by atoms with Gasteiger partial charge in [0.15, 0.2) is 6.61 Å². The fourth-order valence-electron chi connectivity index (χ4n) is 3.10. The van der Waals surface area contributed by atoms with Crippen LogP contribution in [0, 0.1) is 0 Å². The molecular formula is C20H27N5O5S. The molecule has 10 nitrogen and oxygen atoms in total. The molecule has 1 N–H and O–H groups in total. The molecule has 1 aliphatic rings. The number of methoxy groups -OCH3 is 1. The second kappa shape index (κ2) is 10.9. The number of anilines is 1. The Morgan fingerprint density at radius 1 is 1.06 bits per heavy atom. The van der Waals surface area contributed by atoms with Gasteiger partial charge in [-0.1, -0.05) is 0 Å². The number of amides is 1. The van der Waals surface area contributed by atoms with E-state index >= 15 is 0 Å². The van der Waals surface area contributed by atoms with Crippen molar-refractivity contribution >= 4 is 21.9 Å². The normalized spacial score (nSPS) is 14.8. The number of ether oxygens (including phenoxy) is 2. The first-order valence-electron chi connectivity index (χ1n) is 10.0. The molecular weight excluding hydrogens is 422 g/mol. The second-order valence-corrected chi connectivity index (χ2v) is 9.01. The molecule has 0 aliphatic carbocycles. The van der Waals surface area contributed by atoms with Crippen LogP contribution in [0.5, 0.6) is 11.5 Å². The molecule has 3 rings (SSSR count). The Labute approximate surface area is 182 Å². The predicted octanol–water partition coefficient (Wildman–Crippen LogP) is 0.522. The first-order valence-corrected chi connectivity index (χ1v) is 11.6. The number of nitrogens with one attached hydrogen (secondary N) is 1. The van der Waals surface area contributed by atoms with E-state index < -0.39 is 10.0 Å². The molecule has 0 unspecified atom stereocenters. The molecule has 0 spiro atoms. The van der Waals surface area contributed by atoms with Gasteiger partial charge in [-0.25, -0.2) is 18.4 Å². The Morgan fingerprint density at radius 2 is 1.71 bits per heavy atom. The van der Waals surface area contributed by atoms with Gasteiger partial charge in [-0.05, 0) is 36.8 Å². The highest BCUT2D eigenvalue weighted by molar-refractivity contribution is 7.89. The molecule has 0 radical (unpaired) electrons. The summed E-state index contributed by atoms with van der Waals surface area (Å²) in [7, 11) is -1.80. The summed E-state index contributed by atoms with van der Waals surface area (Å²) in [6, 6.07) is 8.65. The molecule has 2 heterocycles. The Kier molecular flexibility index (Phi) is 8.01. The number of rotatable bonds is 10. The fourth-order valence-corrected chi connectivity index (χ4v) is 4.59. The molecule has 0 bridgehead atoms. The summed E-state index contributed by atoms with van der Waals surface area (Å²) >= 11 is 0. The molecule has 1 aromatic heterocycles. The van der Waals surface area contributed by atoms with E-state index in [2.05, 4.69) is 15.3 Å². The number of hydrogen-bond acceptors (Lipinski definition) is 8. The van der Waals surface area contributed by atoms with Crippen LogP contribution in [0.3, 0.4) is 0 Å². The number of carbonyl (C=O) groups is 1. The highest BCUT2D eigenvalue weighted by Crippen LogP contribution is 2.17. The number of piperazine rings is 1. The van der Waals surface area contributed by atoms with E-state index in [0.717, 1.165) is 0 Å². The lowest BCUT2D eigenvalue weighted by Crippen LogP contribution is -2.50. The maximum atomic E-state index is 12.6. The number of nitrogens with zero attached hydrogens (tertiary/aromatic N) is 4. The van der Waals surface area contributed by atoms with Gasteiger partial charge in [-0.15, -0.1) is 0 Å². The zero-order chi connectivity index (χ0) is 22.1. The maximum absolute atomic E-state index is 12.6. The minimum atomic E-state index is -3.38. The third-order valence-corrected chi connectivity index (χ3v) is 6.75.